The molecule has 0 fully saturated rings. The topological polar surface area (TPSA) is 131 Å². The average Bonchev–Trinajstić information content (AvgIpc) is 2.62. The summed E-state index contributed by atoms with van der Waals surface area (Å²) >= 11 is 0. The molecule has 4 N–H and O–H groups in total. The van der Waals surface area contributed by atoms with Crippen LogP contribution in [0, 0.1) is 0 Å². The Morgan fingerprint density at radius 3 is 2.94 bits per heavy atom. The van der Waals surface area contributed by atoms with Crippen molar-refractivity contribution in [1.29, 1.82) is 0 Å². The number of nitrogens with two attached hydrogens (primary N) is 1. The smallest absolute Gasteiger partial charge is 0.330 e. The van der Waals surface area contributed by atoms with E-state index in [4.69, 9.17) is 10.3 Å². The highest BCUT2D eigenvalue weighted by Crippen LogP contribution is 2.01. The molecule has 1 aliphatic rings. The van der Waals surface area contributed by atoms with Crippen LogP contribution in [-0.2, 0) is 19.6 Å². The first-order valence-corrected chi connectivity index (χ1v) is 6.04. The first-order valence-electron chi connectivity index (χ1n) is 4.43. The lowest BCUT2D eigenvalue weighted by atomic mass is 10.3. The van der Waals surface area contributed by atoms with E-state index in [1.165, 1.54) is 7.11 Å². The summed E-state index contributed by atoms with van der Waals surface area (Å²) in [4.78, 5) is 15.0. The van der Waals surface area contributed by atoms with E-state index in [0.29, 0.717) is 0 Å². The number of aliphatic imine (C=N–C) groups is 1. The van der Waals surface area contributed by atoms with Crippen LogP contribution in [0.5, 0.6) is 0 Å². The third-order valence-corrected chi connectivity index (χ3v) is 2.77. The summed E-state index contributed by atoms with van der Waals surface area (Å²) in [5, 5.41) is 2.64. The highest BCUT2D eigenvalue weighted by Gasteiger charge is 2.29. The maximum atomic E-state index is 11.1. The molecule has 0 saturated heterocycles. The van der Waals surface area contributed by atoms with Gasteiger partial charge >= 0.3 is 5.97 Å². The van der Waals surface area contributed by atoms with Crippen LogP contribution >= 0.6 is 0 Å². The summed E-state index contributed by atoms with van der Waals surface area (Å²) in [6, 6.07) is -1.63. The molecule has 1 rings (SSSR count). The van der Waals surface area contributed by atoms with Crippen LogP contribution in [0.3, 0.4) is 0 Å². The Labute approximate surface area is 92.6 Å². The van der Waals surface area contributed by atoms with E-state index in [2.05, 4.69) is 15.0 Å². The number of hydrogen-bond acceptors (Lipinski definition) is 7. The molecule has 92 valence electrons. The summed E-state index contributed by atoms with van der Waals surface area (Å²) in [7, 11) is -2.93. The quantitative estimate of drug-likeness (QED) is 0.379. The molecular weight excluding hydrogens is 238 g/mol. The van der Waals surface area contributed by atoms with E-state index in [-0.39, 0.29) is 12.4 Å². The number of nitrogens with zero attached hydrogens (tertiary/aromatic N) is 1. The molecule has 1 unspecified atom stereocenters. The van der Waals surface area contributed by atoms with Crippen LogP contribution in [0.2, 0.25) is 0 Å². The summed E-state index contributed by atoms with van der Waals surface area (Å²) in [6.45, 7) is 0.140. The average molecular weight is 251 g/mol. The van der Waals surface area contributed by atoms with E-state index in [1.807, 2.05) is 0 Å². The largest absolute Gasteiger partial charge is 0.467 e. The lowest BCUT2D eigenvalue weighted by Gasteiger charge is -2.13. The number of carbonyl (C=O) groups excluding carboxylic acids is 1. The van der Waals surface area contributed by atoms with Crippen LogP contribution in [0.15, 0.2) is 4.99 Å². The van der Waals surface area contributed by atoms with Crippen LogP contribution in [-0.4, -0.2) is 56.3 Å². The number of esters is 1. The minimum absolute atomic E-state index is 0.140. The summed E-state index contributed by atoms with van der Waals surface area (Å²) in [6.07, 6.45) is 0. The molecule has 0 spiro atoms. The van der Waals surface area contributed by atoms with E-state index in [1.54, 1.807) is 0 Å². The Balaban J connectivity index is 2.56. The molecule has 0 aliphatic carbocycles. The maximum Gasteiger partial charge on any atom is 0.330 e. The number of nitrogens with one attached hydrogen (secondary N) is 1. The van der Waals surface area contributed by atoms with Crippen molar-refractivity contribution in [3.05, 3.63) is 0 Å². The maximum absolute atomic E-state index is 11.1. The molecule has 0 amide bonds. The zero-order valence-electron chi connectivity index (χ0n) is 8.58. The van der Waals surface area contributed by atoms with Gasteiger partial charge in [0.25, 0.3) is 10.1 Å². The Morgan fingerprint density at radius 1 is 1.81 bits per heavy atom. The molecule has 1 aliphatic heterocycles. The highest BCUT2D eigenvalue weighted by molar-refractivity contribution is 7.85. The predicted molar refractivity (Wildman–Crippen MR) is 55.6 cm³/mol. The summed E-state index contributed by atoms with van der Waals surface area (Å²) < 4.78 is 34.2. The number of hydrogen-bond donors (Lipinski definition) is 3. The Kier molecular flexibility index (Phi) is 3.83. The normalized spacial score (nSPS) is 22.2. The second kappa shape index (κ2) is 4.76. The van der Waals surface area contributed by atoms with E-state index in [9.17, 15) is 13.2 Å². The first-order chi connectivity index (χ1) is 7.33. The number of methoxy groups -OCH3 is 1. The van der Waals surface area contributed by atoms with Crippen LogP contribution in [0.25, 0.3) is 0 Å². The molecular formula is C7H13N3O5S. The fourth-order valence-corrected chi connectivity index (χ4v) is 1.88. The highest BCUT2D eigenvalue weighted by atomic mass is 32.2. The van der Waals surface area contributed by atoms with Crippen LogP contribution in [0.4, 0.5) is 0 Å². The van der Waals surface area contributed by atoms with Crippen LogP contribution in [0.1, 0.15) is 0 Å². The molecule has 0 bridgehead atoms. The van der Waals surface area contributed by atoms with Crippen molar-refractivity contribution in [2.75, 3.05) is 19.4 Å². The van der Waals surface area contributed by atoms with Crippen molar-refractivity contribution < 1.29 is 22.5 Å². The molecule has 9 heteroatoms. The predicted octanol–water partition coefficient (Wildman–Crippen LogP) is -2.26. The van der Waals surface area contributed by atoms with Gasteiger partial charge in [-0.3, -0.25) is 9.55 Å². The summed E-state index contributed by atoms with van der Waals surface area (Å²) in [5.74, 6) is -0.974. The third-order valence-electron chi connectivity index (χ3n) is 1.99. The standard InChI is InChI=1S/C7H13N3O5S/c1-15-7(11)5-2-9-6(10-5)4(8)3-16(12,13)14/h4-5H,2-3,8H2,1H3,(H,9,10)(H,12,13,14)/t4?,5-/m0/s1. The Morgan fingerprint density at radius 2 is 2.44 bits per heavy atom. The molecule has 0 saturated carbocycles. The van der Waals surface area contributed by atoms with Crippen LogP contribution < -0.4 is 11.1 Å². The zero-order valence-corrected chi connectivity index (χ0v) is 9.40. The molecule has 1 heterocycles. The number of rotatable bonds is 4. The van der Waals surface area contributed by atoms with Gasteiger partial charge < -0.3 is 15.8 Å². The van der Waals surface area contributed by atoms with E-state index in [0.717, 1.165) is 0 Å². The lowest BCUT2D eigenvalue weighted by molar-refractivity contribution is -0.142. The van der Waals surface area contributed by atoms with Gasteiger partial charge in [-0.05, 0) is 0 Å². The molecule has 8 nitrogen and oxygen atoms in total. The van der Waals surface area contributed by atoms with E-state index >= 15 is 0 Å². The van der Waals surface area contributed by atoms with Gasteiger partial charge in [0.1, 0.15) is 11.9 Å². The fourth-order valence-electron chi connectivity index (χ4n) is 1.27. The number of carbonyl (C=O) groups is 1. The minimum atomic E-state index is -4.17. The third kappa shape index (κ3) is 3.43. The van der Waals surface area contributed by atoms with Gasteiger partial charge in [-0.25, -0.2) is 4.79 Å². The van der Waals surface area contributed by atoms with Crippen molar-refractivity contribution >= 4 is 21.9 Å². The number of amidine groups is 1. The molecule has 0 aromatic heterocycles. The monoisotopic (exact) mass is 251 g/mol. The van der Waals surface area contributed by atoms with Crippen molar-refractivity contribution in [1.82, 2.24) is 5.32 Å². The van der Waals surface area contributed by atoms with Gasteiger partial charge in [0.05, 0.1) is 25.4 Å². The first kappa shape index (κ1) is 12.9. The Hall–Kier alpha value is -1.19. The molecule has 16 heavy (non-hydrogen) atoms. The molecule has 0 aromatic carbocycles. The molecule has 0 radical (unpaired) electrons. The minimum Gasteiger partial charge on any atom is -0.467 e. The van der Waals surface area contributed by atoms with Gasteiger partial charge in [0.15, 0.2) is 0 Å². The SMILES string of the molecule is COC(=O)[C@@H]1CN=C(C(N)CS(=O)(=O)O)N1. The summed E-state index contributed by atoms with van der Waals surface area (Å²) in [5.41, 5.74) is 5.48. The van der Waals surface area contributed by atoms with Gasteiger partial charge in [-0.15, -0.1) is 0 Å². The van der Waals surface area contributed by atoms with Gasteiger partial charge in [0.2, 0.25) is 0 Å². The fraction of sp³-hybridized carbons (Fsp3) is 0.714. The van der Waals surface area contributed by atoms with Gasteiger partial charge in [-0.1, -0.05) is 0 Å². The van der Waals surface area contributed by atoms with Crippen molar-refractivity contribution in [3.63, 3.8) is 0 Å². The zero-order chi connectivity index (χ0) is 12.3. The van der Waals surface area contributed by atoms with Crippen molar-refractivity contribution in [2.45, 2.75) is 12.1 Å². The van der Waals surface area contributed by atoms with Gasteiger partial charge in [-0.2, -0.15) is 8.42 Å². The van der Waals surface area contributed by atoms with Gasteiger partial charge in [0, 0.05) is 0 Å². The molecule has 2 atom stereocenters. The van der Waals surface area contributed by atoms with E-state index < -0.39 is 33.9 Å². The van der Waals surface area contributed by atoms with Crippen molar-refractivity contribution in [2.24, 2.45) is 10.7 Å². The lowest BCUT2D eigenvalue weighted by Crippen LogP contribution is -2.47. The Bertz CT molecular complexity index is 404. The number of ether oxygens (including phenoxy) is 1. The second-order valence-corrected chi connectivity index (χ2v) is 4.80. The van der Waals surface area contributed by atoms with Crippen molar-refractivity contribution in [3.8, 4) is 0 Å². The second-order valence-electron chi connectivity index (χ2n) is 3.30. The molecule has 0 aromatic rings.